The quantitative estimate of drug-likeness (QED) is 0.900. The van der Waals surface area contributed by atoms with Gasteiger partial charge in [-0.3, -0.25) is 0 Å². The summed E-state index contributed by atoms with van der Waals surface area (Å²) in [6, 6.07) is 0. The van der Waals surface area contributed by atoms with Crippen LogP contribution in [0.4, 0.5) is 8.78 Å². The first kappa shape index (κ1) is 13.1. The van der Waals surface area contributed by atoms with E-state index in [1.165, 1.54) is 0 Å². The second-order valence-electron chi connectivity index (χ2n) is 2.71. The highest BCUT2D eigenvalue weighted by Gasteiger charge is 2.24. The minimum absolute atomic E-state index is 0.448. The van der Waals surface area contributed by atoms with Gasteiger partial charge in [-0.15, -0.1) is 0 Å². The molecule has 0 fully saturated rings. The first-order valence-corrected chi connectivity index (χ1v) is 5.74. The molecule has 90 valence electrons. The molecule has 0 aliphatic rings. The largest absolute Gasteiger partial charge is 0.495 e. The zero-order valence-electron chi connectivity index (χ0n) is 7.95. The van der Waals surface area contributed by atoms with Crippen molar-refractivity contribution in [2.75, 3.05) is 7.11 Å². The van der Waals surface area contributed by atoms with E-state index in [0.717, 1.165) is 7.11 Å². The molecule has 0 aliphatic heterocycles. The molecular weight excluding hydrogens is 266 g/mol. The zero-order valence-corrected chi connectivity index (χ0v) is 9.52. The third-order valence-corrected chi connectivity index (χ3v) is 2.99. The second-order valence-corrected chi connectivity index (χ2v) is 4.57. The van der Waals surface area contributed by atoms with Crippen molar-refractivity contribution in [2.24, 2.45) is 5.14 Å². The Morgan fingerprint density at radius 3 is 2.50 bits per heavy atom. The molecule has 1 aromatic rings. The molecule has 5 nitrogen and oxygen atoms in total. The number of primary sulfonamides is 1. The predicted octanol–water partition coefficient (Wildman–Crippen LogP) is 1.33. The summed E-state index contributed by atoms with van der Waals surface area (Å²) >= 11 is 5.56. The van der Waals surface area contributed by atoms with E-state index in [4.69, 9.17) is 16.7 Å². The highest BCUT2D eigenvalue weighted by molar-refractivity contribution is 7.89. The molecule has 2 N–H and O–H groups in total. The first-order valence-electron chi connectivity index (χ1n) is 3.82. The van der Waals surface area contributed by atoms with Gasteiger partial charge in [-0.05, 0) is 0 Å². The van der Waals surface area contributed by atoms with Crippen LogP contribution in [0.3, 0.4) is 0 Å². The number of aromatic nitrogens is 1. The van der Waals surface area contributed by atoms with Gasteiger partial charge < -0.3 is 4.74 Å². The lowest BCUT2D eigenvalue weighted by molar-refractivity contribution is 0.146. The number of ether oxygens (including phenoxy) is 1. The molecular formula is C7H7ClF2N2O3S. The molecule has 0 bridgehead atoms. The van der Waals surface area contributed by atoms with Crippen LogP contribution in [0.25, 0.3) is 0 Å². The Labute approximate surface area is 95.2 Å². The van der Waals surface area contributed by atoms with E-state index in [1.54, 1.807) is 0 Å². The summed E-state index contributed by atoms with van der Waals surface area (Å²) in [6.07, 6.45) is -2.22. The van der Waals surface area contributed by atoms with Crippen LogP contribution in [0.1, 0.15) is 12.0 Å². The van der Waals surface area contributed by atoms with Crippen molar-refractivity contribution >= 4 is 21.6 Å². The molecule has 1 rings (SSSR count). The topological polar surface area (TPSA) is 82.3 Å². The van der Waals surface area contributed by atoms with Gasteiger partial charge in [0.25, 0.3) is 16.4 Å². The van der Waals surface area contributed by atoms with Crippen molar-refractivity contribution in [2.45, 2.75) is 11.5 Å². The van der Waals surface area contributed by atoms with Crippen LogP contribution in [-0.2, 0) is 10.0 Å². The van der Waals surface area contributed by atoms with Crippen molar-refractivity contribution in [3.05, 3.63) is 16.8 Å². The lowest BCUT2D eigenvalue weighted by atomic mass is 10.2. The monoisotopic (exact) mass is 272 g/mol. The molecule has 16 heavy (non-hydrogen) atoms. The van der Waals surface area contributed by atoms with Crippen LogP contribution in [0.5, 0.6) is 5.75 Å². The summed E-state index contributed by atoms with van der Waals surface area (Å²) in [5.74, 6) is -0.448. The van der Waals surface area contributed by atoms with E-state index in [9.17, 15) is 17.2 Å². The van der Waals surface area contributed by atoms with Gasteiger partial charge in [-0.25, -0.2) is 27.3 Å². The molecule has 9 heteroatoms. The molecule has 0 radical (unpaired) electrons. The normalized spacial score (nSPS) is 11.9. The Morgan fingerprint density at radius 2 is 2.12 bits per heavy atom. The number of hydrogen-bond acceptors (Lipinski definition) is 4. The first-order chi connectivity index (χ1) is 7.29. The Hall–Kier alpha value is -0.990. The number of rotatable bonds is 3. The average Bonchev–Trinajstić information content (AvgIpc) is 2.14. The van der Waals surface area contributed by atoms with E-state index in [2.05, 4.69) is 9.72 Å². The Morgan fingerprint density at radius 1 is 1.56 bits per heavy atom. The van der Waals surface area contributed by atoms with Gasteiger partial charge in [0, 0.05) is 6.20 Å². The smallest absolute Gasteiger partial charge is 0.268 e. The van der Waals surface area contributed by atoms with E-state index in [-0.39, 0.29) is 0 Å². The van der Waals surface area contributed by atoms with Crippen LogP contribution < -0.4 is 9.88 Å². The number of methoxy groups -OCH3 is 1. The van der Waals surface area contributed by atoms with Crippen molar-refractivity contribution in [3.8, 4) is 5.75 Å². The van der Waals surface area contributed by atoms with Crippen LogP contribution in [0.2, 0.25) is 5.02 Å². The van der Waals surface area contributed by atoms with E-state index >= 15 is 0 Å². The predicted molar refractivity (Wildman–Crippen MR) is 52.1 cm³/mol. The number of alkyl halides is 2. The molecule has 0 unspecified atom stereocenters. The second kappa shape index (κ2) is 4.48. The fourth-order valence-electron chi connectivity index (χ4n) is 1.03. The molecule has 0 saturated carbocycles. The van der Waals surface area contributed by atoms with Crippen molar-refractivity contribution in [3.63, 3.8) is 0 Å². The van der Waals surface area contributed by atoms with Crippen molar-refractivity contribution in [1.82, 2.24) is 4.98 Å². The lowest BCUT2D eigenvalue weighted by Gasteiger charge is -2.10. The third kappa shape index (κ3) is 2.39. The third-order valence-electron chi connectivity index (χ3n) is 1.68. The maximum Gasteiger partial charge on any atom is 0.268 e. The summed E-state index contributed by atoms with van der Waals surface area (Å²) in [4.78, 5) is 3.27. The molecule has 0 amide bonds. The summed E-state index contributed by atoms with van der Waals surface area (Å²) in [5, 5.41) is 3.54. The summed E-state index contributed by atoms with van der Waals surface area (Å²) in [5.41, 5.74) is -0.597. The van der Waals surface area contributed by atoms with E-state index < -0.39 is 37.8 Å². The highest BCUT2D eigenvalue weighted by Crippen LogP contribution is 2.37. The minimum atomic E-state index is -4.18. The molecule has 0 atom stereocenters. The van der Waals surface area contributed by atoms with Gasteiger partial charge in [0.05, 0.1) is 12.7 Å². The number of pyridine rings is 1. The number of nitrogens with two attached hydrogens (primary N) is 1. The number of nitrogens with zero attached hydrogens (tertiary/aromatic N) is 1. The van der Waals surface area contributed by atoms with Crippen molar-refractivity contribution in [1.29, 1.82) is 0 Å². The molecule has 0 aliphatic carbocycles. The minimum Gasteiger partial charge on any atom is -0.495 e. The van der Waals surface area contributed by atoms with Gasteiger partial charge >= 0.3 is 0 Å². The number of halogens is 3. The fraction of sp³-hybridized carbons (Fsp3) is 0.286. The summed E-state index contributed by atoms with van der Waals surface area (Å²) in [7, 11) is -3.09. The number of sulfonamides is 1. The fourth-order valence-corrected chi connectivity index (χ4v) is 2.13. The average molecular weight is 273 g/mol. The molecule has 1 heterocycles. The highest BCUT2D eigenvalue weighted by atomic mass is 35.5. The molecule has 0 spiro atoms. The number of hydrogen-bond donors (Lipinski definition) is 1. The Kier molecular flexibility index (Phi) is 3.66. The summed E-state index contributed by atoms with van der Waals surface area (Å²) in [6.45, 7) is 0. The Balaban J connectivity index is 3.53. The standard InChI is InChI=1S/C7H7ClF2N2O3S/c1-15-5-3(6(9)10)2-12-7(4(5)8)16(11,13)14/h2,6H,1H3,(H2,11,13,14). The lowest BCUT2D eigenvalue weighted by Crippen LogP contribution is -2.15. The van der Waals surface area contributed by atoms with Gasteiger partial charge in [0.1, 0.15) is 5.02 Å². The van der Waals surface area contributed by atoms with E-state index in [1.807, 2.05) is 0 Å². The Bertz CT molecular complexity index is 507. The molecule has 1 aromatic heterocycles. The van der Waals surface area contributed by atoms with Gasteiger partial charge in [-0.1, -0.05) is 11.6 Å². The van der Waals surface area contributed by atoms with Crippen LogP contribution in [0.15, 0.2) is 11.2 Å². The van der Waals surface area contributed by atoms with Gasteiger partial charge in [0.2, 0.25) is 0 Å². The SMILES string of the molecule is COc1c(C(F)F)cnc(S(N)(=O)=O)c1Cl. The van der Waals surface area contributed by atoms with Gasteiger partial charge in [0.15, 0.2) is 10.8 Å². The maximum absolute atomic E-state index is 12.5. The summed E-state index contributed by atoms with van der Waals surface area (Å²) < 4.78 is 51.5. The molecule has 0 aromatic carbocycles. The van der Waals surface area contributed by atoms with Crippen LogP contribution >= 0.6 is 11.6 Å². The van der Waals surface area contributed by atoms with Crippen molar-refractivity contribution < 1.29 is 21.9 Å². The zero-order chi connectivity index (χ0) is 12.5. The van der Waals surface area contributed by atoms with Gasteiger partial charge in [-0.2, -0.15) is 0 Å². The molecule has 0 saturated heterocycles. The maximum atomic E-state index is 12.5. The van der Waals surface area contributed by atoms with Crippen LogP contribution in [0, 0.1) is 0 Å². The van der Waals surface area contributed by atoms with Crippen LogP contribution in [-0.4, -0.2) is 20.5 Å². The van der Waals surface area contributed by atoms with E-state index in [0.29, 0.717) is 6.20 Å².